The molecule has 0 atom stereocenters. The van der Waals surface area contributed by atoms with Crippen molar-refractivity contribution < 1.29 is 14.3 Å². The van der Waals surface area contributed by atoms with Gasteiger partial charge in [0.05, 0.1) is 14.2 Å². The van der Waals surface area contributed by atoms with E-state index < -0.39 is 0 Å². The normalized spacial score (nSPS) is 10.9. The quantitative estimate of drug-likeness (QED) is 0.606. The molecule has 20 heavy (non-hydrogen) atoms. The Morgan fingerprint density at radius 2 is 1.95 bits per heavy atom. The molecule has 110 valence electrons. The highest BCUT2D eigenvalue weighted by Crippen LogP contribution is 2.29. The largest absolute Gasteiger partial charge is 0.493 e. The Balaban J connectivity index is 2.73. The Bertz CT molecular complexity index is 500. The van der Waals surface area contributed by atoms with Crippen molar-refractivity contribution in [1.82, 2.24) is 4.90 Å². The Labute approximate surface area is 118 Å². The highest BCUT2D eigenvalue weighted by Gasteiger charge is 2.06. The van der Waals surface area contributed by atoms with Crippen molar-refractivity contribution in [1.29, 1.82) is 0 Å². The van der Waals surface area contributed by atoms with E-state index in [9.17, 15) is 4.79 Å². The SMILES string of the molecule is COc1ccc(NC(N)=NCC(=O)N(C)C)cc1OC. The maximum atomic E-state index is 11.4. The zero-order valence-corrected chi connectivity index (χ0v) is 12.1. The number of likely N-dealkylation sites (N-methyl/N-ethyl adjacent to an activating group) is 1. The van der Waals surface area contributed by atoms with Crippen LogP contribution in [0.15, 0.2) is 23.2 Å². The molecule has 1 rings (SSSR count). The molecule has 1 aromatic rings. The van der Waals surface area contributed by atoms with Gasteiger partial charge in [-0.3, -0.25) is 4.79 Å². The summed E-state index contributed by atoms with van der Waals surface area (Å²) in [5.74, 6) is 1.24. The smallest absolute Gasteiger partial charge is 0.243 e. The predicted octanol–water partition coefficient (Wildman–Crippen LogP) is 0.519. The highest BCUT2D eigenvalue weighted by atomic mass is 16.5. The summed E-state index contributed by atoms with van der Waals surface area (Å²) < 4.78 is 10.3. The molecule has 7 heteroatoms. The summed E-state index contributed by atoms with van der Waals surface area (Å²) in [6.45, 7) is -0.000870. The lowest BCUT2D eigenvalue weighted by atomic mass is 10.3. The van der Waals surface area contributed by atoms with Crippen molar-refractivity contribution in [2.75, 3.05) is 40.2 Å². The van der Waals surface area contributed by atoms with Crippen molar-refractivity contribution in [3.8, 4) is 11.5 Å². The molecule has 0 fully saturated rings. The van der Waals surface area contributed by atoms with Crippen LogP contribution in [0.4, 0.5) is 5.69 Å². The van der Waals surface area contributed by atoms with E-state index in [0.29, 0.717) is 17.2 Å². The third kappa shape index (κ3) is 4.34. The lowest BCUT2D eigenvalue weighted by Crippen LogP contribution is -2.28. The van der Waals surface area contributed by atoms with Gasteiger partial charge in [-0.05, 0) is 12.1 Å². The number of amides is 1. The molecule has 0 aliphatic rings. The summed E-state index contributed by atoms with van der Waals surface area (Å²) in [7, 11) is 6.44. The summed E-state index contributed by atoms with van der Waals surface area (Å²) in [5.41, 5.74) is 6.41. The second-order valence-electron chi connectivity index (χ2n) is 4.18. The van der Waals surface area contributed by atoms with Crippen LogP contribution in [-0.2, 0) is 4.79 Å². The number of carbonyl (C=O) groups is 1. The topological polar surface area (TPSA) is 89.2 Å². The van der Waals surface area contributed by atoms with Crippen LogP contribution in [0.3, 0.4) is 0 Å². The predicted molar refractivity (Wildman–Crippen MR) is 78.4 cm³/mol. The molecule has 0 aromatic heterocycles. The van der Waals surface area contributed by atoms with Gasteiger partial charge in [0.1, 0.15) is 6.54 Å². The van der Waals surface area contributed by atoms with Crippen molar-refractivity contribution in [3.63, 3.8) is 0 Å². The number of benzene rings is 1. The van der Waals surface area contributed by atoms with Crippen LogP contribution in [0, 0.1) is 0 Å². The molecule has 0 aliphatic carbocycles. The maximum Gasteiger partial charge on any atom is 0.243 e. The van der Waals surface area contributed by atoms with Gasteiger partial charge in [-0.25, -0.2) is 4.99 Å². The summed E-state index contributed by atoms with van der Waals surface area (Å²) in [5, 5.41) is 2.88. The minimum atomic E-state index is -0.123. The lowest BCUT2D eigenvalue weighted by Gasteiger charge is -2.11. The third-order valence-electron chi connectivity index (χ3n) is 2.54. The molecule has 0 saturated heterocycles. The molecule has 0 aliphatic heterocycles. The van der Waals surface area contributed by atoms with Gasteiger partial charge >= 0.3 is 0 Å². The van der Waals surface area contributed by atoms with Crippen molar-refractivity contribution in [2.24, 2.45) is 10.7 Å². The zero-order chi connectivity index (χ0) is 15.1. The van der Waals surface area contributed by atoms with E-state index in [1.165, 1.54) is 4.90 Å². The van der Waals surface area contributed by atoms with Crippen LogP contribution < -0.4 is 20.5 Å². The average Bonchev–Trinajstić information content (AvgIpc) is 2.44. The number of nitrogens with zero attached hydrogens (tertiary/aromatic N) is 2. The molecule has 0 spiro atoms. The number of nitrogens with two attached hydrogens (primary N) is 1. The van der Waals surface area contributed by atoms with Gasteiger partial charge in [-0.15, -0.1) is 0 Å². The Kier molecular flexibility index (Phi) is 5.64. The minimum Gasteiger partial charge on any atom is -0.493 e. The van der Waals surface area contributed by atoms with E-state index in [0.717, 1.165) is 0 Å². The van der Waals surface area contributed by atoms with Gasteiger partial charge in [-0.1, -0.05) is 0 Å². The molecular weight excluding hydrogens is 260 g/mol. The number of ether oxygens (including phenoxy) is 2. The van der Waals surface area contributed by atoms with Gasteiger partial charge in [-0.2, -0.15) is 0 Å². The van der Waals surface area contributed by atoms with E-state index in [1.54, 1.807) is 46.5 Å². The summed E-state index contributed by atoms with van der Waals surface area (Å²) >= 11 is 0. The van der Waals surface area contributed by atoms with Gasteiger partial charge in [0.25, 0.3) is 0 Å². The molecule has 0 saturated carbocycles. The van der Waals surface area contributed by atoms with Crippen LogP contribution in [0.5, 0.6) is 11.5 Å². The second-order valence-corrected chi connectivity index (χ2v) is 4.18. The summed E-state index contributed by atoms with van der Waals surface area (Å²) in [6.07, 6.45) is 0. The summed E-state index contributed by atoms with van der Waals surface area (Å²) in [4.78, 5) is 16.8. The molecule has 0 heterocycles. The second kappa shape index (κ2) is 7.22. The van der Waals surface area contributed by atoms with E-state index in [2.05, 4.69) is 10.3 Å². The fourth-order valence-corrected chi connectivity index (χ4v) is 1.40. The van der Waals surface area contributed by atoms with E-state index in [4.69, 9.17) is 15.2 Å². The van der Waals surface area contributed by atoms with Gasteiger partial charge in [0.2, 0.25) is 5.91 Å². The number of hydrogen-bond acceptors (Lipinski definition) is 4. The average molecular weight is 280 g/mol. The molecular formula is C13H20N4O3. The van der Waals surface area contributed by atoms with Crippen LogP contribution >= 0.6 is 0 Å². The van der Waals surface area contributed by atoms with Crippen LogP contribution in [0.25, 0.3) is 0 Å². The molecule has 1 amide bonds. The van der Waals surface area contributed by atoms with E-state index in [1.807, 2.05) is 0 Å². The van der Waals surface area contributed by atoms with Crippen molar-refractivity contribution >= 4 is 17.6 Å². The number of hydrogen-bond donors (Lipinski definition) is 2. The number of anilines is 1. The number of methoxy groups -OCH3 is 2. The van der Waals surface area contributed by atoms with Gasteiger partial charge in [0, 0.05) is 25.8 Å². The number of rotatable bonds is 5. The highest BCUT2D eigenvalue weighted by molar-refractivity contribution is 5.94. The Morgan fingerprint density at radius 1 is 1.30 bits per heavy atom. The van der Waals surface area contributed by atoms with Crippen molar-refractivity contribution in [3.05, 3.63) is 18.2 Å². The first-order valence-corrected chi connectivity index (χ1v) is 5.97. The number of carbonyl (C=O) groups excluding carboxylic acids is 1. The molecule has 0 bridgehead atoms. The number of guanidine groups is 1. The van der Waals surface area contributed by atoms with Gasteiger partial charge < -0.3 is 25.4 Å². The first-order valence-electron chi connectivity index (χ1n) is 5.97. The molecule has 1 aromatic carbocycles. The van der Waals surface area contributed by atoms with E-state index in [-0.39, 0.29) is 18.4 Å². The van der Waals surface area contributed by atoms with Crippen LogP contribution in [0.1, 0.15) is 0 Å². The maximum absolute atomic E-state index is 11.4. The lowest BCUT2D eigenvalue weighted by molar-refractivity contribution is -0.127. The monoisotopic (exact) mass is 280 g/mol. The third-order valence-corrected chi connectivity index (χ3v) is 2.54. The zero-order valence-electron chi connectivity index (χ0n) is 12.1. The minimum absolute atomic E-state index is 0.000870. The number of aliphatic imine (C=N–C) groups is 1. The van der Waals surface area contributed by atoms with E-state index >= 15 is 0 Å². The molecule has 0 unspecified atom stereocenters. The Hall–Kier alpha value is -2.44. The fraction of sp³-hybridized carbons (Fsp3) is 0.385. The van der Waals surface area contributed by atoms with Crippen LogP contribution in [0.2, 0.25) is 0 Å². The first kappa shape index (κ1) is 15.6. The first-order chi connectivity index (χ1) is 9.47. The molecule has 7 nitrogen and oxygen atoms in total. The molecule has 0 radical (unpaired) electrons. The Morgan fingerprint density at radius 3 is 2.50 bits per heavy atom. The number of nitrogens with one attached hydrogen (secondary N) is 1. The summed E-state index contributed by atoms with van der Waals surface area (Å²) in [6, 6.07) is 5.26. The molecule has 3 N–H and O–H groups in total. The van der Waals surface area contributed by atoms with Gasteiger partial charge in [0.15, 0.2) is 17.5 Å². The van der Waals surface area contributed by atoms with Crippen molar-refractivity contribution in [2.45, 2.75) is 0 Å². The standard InChI is InChI=1S/C13H20N4O3/c1-17(2)12(18)8-15-13(14)16-9-5-6-10(19-3)11(7-9)20-4/h5-7H,8H2,1-4H3,(H3,14,15,16). The fourth-order valence-electron chi connectivity index (χ4n) is 1.40. The van der Waals surface area contributed by atoms with Crippen LogP contribution in [-0.4, -0.2) is 51.6 Å².